The number of benzene rings is 2. The third-order valence-corrected chi connectivity index (χ3v) is 5.01. The van der Waals surface area contributed by atoms with E-state index in [1.807, 2.05) is 67.7 Å². The zero-order chi connectivity index (χ0) is 20.8. The van der Waals surface area contributed by atoms with Crippen LogP contribution in [-0.2, 0) is 16.0 Å². The zero-order valence-corrected chi connectivity index (χ0v) is 17.2. The smallest absolute Gasteiger partial charge is 0.223 e. The molecule has 0 fully saturated rings. The van der Waals surface area contributed by atoms with Gasteiger partial charge in [-0.2, -0.15) is 0 Å². The number of carbonyl (C=O) groups excluding carboxylic acids is 2. The molecule has 0 saturated carbocycles. The number of carbonyl (C=O) groups is 2. The minimum atomic E-state index is -0.0748. The van der Waals surface area contributed by atoms with Gasteiger partial charge in [0.2, 0.25) is 11.8 Å². The van der Waals surface area contributed by atoms with Crippen LogP contribution >= 0.6 is 0 Å². The highest BCUT2D eigenvalue weighted by molar-refractivity contribution is 5.92. The van der Waals surface area contributed by atoms with Crippen LogP contribution < -0.4 is 15.1 Å². The molecule has 6 heteroatoms. The van der Waals surface area contributed by atoms with E-state index >= 15 is 0 Å². The van der Waals surface area contributed by atoms with Crippen molar-refractivity contribution in [3.8, 4) is 0 Å². The largest absolute Gasteiger partial charge is 0.378 e. The number of fused-ring (bicyclic) bond motifs is 1. The van der Waals surface area contributed by atoms with Crippen LogP contribution in [-0.4, -0.2) is 44.0 Å². The summed E-state index contributed by atoms with van der Waals surface area (Å²) in [6, 6.07) is 15.9. The molecule has 0 aliphatic carbocycles. The van der Waals surface area contributed by atoms with Crippen molar-refractivity contribution in [2.24, 2.45) is 0 Å². The number of anilines is 2. The van der Waals surface area contributed by atoms with E-state index in [1.54, 1.807) is 4.90 Å². The molecule has 0 aliphatic heterocycles. The maximum absolute atomic E-state index is 12.3. The number of hydrogen-bond donors (Lipinski definition) is 2. The van der Waals surface area contributed by atoms with Crippen molar-refractivity contribution < 1.29 is 9.59 Å². The highest BCUT2D eigenvalue weighted by Gasteiger charge is 2.14. The first kappa shape index (κ1) is 20.5. The average Bonchev–Trinajstić information content (AvgIpc) is 3.11. The molecule has 0 atom stereocenters. The summed E-state index contributed by atoms with van der Waals surface area (Å²) < 4.78 is 0. The summed E-state index contributed by atoms with van der Waals surface area (Å²) in [5.74, 6) is -0.129. The number of aromatic amines is 1. The number of aromatic nitrogens is 1. The van der Waals surface area contributed by atoms with Gasteiger partial charge in [-0.05, 0) is 42.3 Å². The number of nitrogens with zero attached hydrogens (tertiary/aromatic N) is 2. The van der Waals surface area contributed by atoms with Crippen LogP contribution in [0.25, 0.3) is 10.9 Å². The lowest BCUT2D eigenvalue weighted by Gasteiger charge is -2.22. The SMILES string of the molecule is CC(=O)N(CCC(=O)NCCc1c[nH]c2ccccc12)c1ccc(N(C)C)cc1. The number of hydrogen-bond acceptors (Lipinski definition) is 3. The molecule has 3 rings (SSSR count). The summed E-state index contributed by atoms with van der Waals surface area (Å²) >= 11 is 0. The van der Waals surface area contributed by atoms with Crippen molar-refractivity contribution in [2.45, 2.75) is 19.8 Å². The Morgan fingerprint density at radius 1 is 1.00 bits per heavy atom. The lowest BCUT2D eigenvalue weighted by atomic mass is 10.1. The predicted octanol–water partition coefficient (Wildman–Crippen LogP) is 3.34. The molecular weight excluding hydrogens is 364 g/mol. The van der Waals surface area contributed by atoms with E-state index in [0.29, 0.717) is 13.1 Å². The standard InChI is InChI=1S/C23H28N4O2/c1-17(28)27(20-10-8-19(9-11-20)26(2)3)15-13-23(29)24-14-12-18-16-25-22-7-5-4-6-21(18)22/h4-11,16,25H,12-15H2,1-3H3,(H,24,29). The second kappa shape index (κ2) is 9.28. The van der Waals surface area contributed by atoms with E-state index in [4.69, 9.17) is 0 Å². The van der Waals surface area contributed by atoms with Crippen LogP contribution in [0, 0.1) is 0 Å². The fourth-order valence-corrected chi connectivity index (χ4v) is 3.38. The van der Waals surface area contributed by atoms with E-state index in [2.05, 4.69) is 16.4 Å². The Kier molecular flexibility index (Phi) is 6.54. The van der Waals surface area contributed by atoms with Crippen LogP contribution in [0.2, 0.25) is 0 Å². The Labute approximate surface area is 171 Å². The van der Waals surface area contributed by atoms with Crippen LogP contribution in [0.4, 0.5) is 11.4 Å². The Morgan fingerprint density at radius 2 is 1.69 bits per heavy atom. The summed E-state index contributed by atoms with van der Waals surface area (Å²) in [6.07, 6.45) is 3.02. The van der Waals surface area contributed by atoms with Gasteiger partial charge in [-0.15, -0.1) is 0 Å². The van der Waals surface area contributed by atoms with Crippen LogP contribution in [0.1, 0.15) is 18.9 Å². The lowest BCUT2D eigenvalue weighted by molar-refractivity contribution is -0.121. The second-order valence-electron chi connectivity index (χ2n) is 7.29. The van der Waals surface area contributed by atoms with Crippen molar-refractivity contribution in [1.29, 1.82) is 0 Å². The van der Waals surface area contributed by atoms with Crippen molar-refractivity contribution in [1.82, 2.24) is 10.3 Å². The number of nitrogens with one attached hydrogen (secondary N) is 2. The highest BCUT2D eigenvalue weighted by Crippen LogP contribution is 2.20. The molecule has 2 aromatic carbocycles. The summed E-state index contributed by atoms with van der Waals surface area (Å²) in [5.41, 5.74) is 4.15. The summed E-state index contributed by atoms with van der Waals surface area (Å²) in [7, 11) is 3.94. The fourth-order valence-electron chi connectivity index (χ4n) is 3.38. The molecule has 0 aliphatic rings. The van der Waals surface area contributed by atoms with Crippen molar-refractivity contribution in [3.63, 3.8) is 0 Å². The van der Waals surface area contributed by atoms with Gasteiger partial charge in [-0.3, -0.25) is 9.59 Å². The van der Waals surface area contributed by atoms with Crippen molar-refractivity contribution in [3.05, 3.63) is 60.3 Å². The van der Waals surface area contributed by atoms with Gasteiger partial charge in [0.25, 0.3) is 0 Å². The molecular formula is C23H28N4O2. The van der Waals surface area contributed by atoms with Gasteiger partial charge >= 0.3 is 0 Å². The average molecular weight is 393 g/mol. The maximum atomic E-state index is 12.3. The molecule has 152 valence electrons. The molecule has 29 heavy (non-hydrogen) atoms. The molecule has 2 N–H and O–H groups in total. The quantitative estimate of drug-likeness (QED) is 0.618. The molecule has 0 unspecified atom stereocenters. The van der Waals surface area contributed by atoms with E-state index in [-0.39, 0.29) is 18.2 Å². The third kappa shape index (κ3) is 5.16. The minimum absolute atomic E-state index is 0.0546. The number of amides is 2. The number of rotatable bonds is 8. The van der Waals surface area contributed by atoms with E-state index in [1.165, 1.54) is 17.9 Å². The highest BCUT2D eigenvalue weighted by atomic mass is 16.2. The predicted molar refractivity (Wildman–Crippen MR) is 118 cm³/mol. The first-order valence-corrected chi connectivity index (χ1v) is 9.83. The molecule has 0 spiro atoms. The maximum Gasteiger partial charge on any atom is 0.223 e. The molecule has 0 radical (unpaired) electrons. The van der Waals surface area contributed by atoms with Gasteiger partial charge in [0.05, 0.1) is 0 Å². The molecule has 1 aromatic heterocycles. The minimum Gasteiger partial charge on any atom is -0.378 e. The Bertz CT molecular complexity index is 976. The van der Waals surface area contributed by atoms with Crippen LogP contribution in [0.5, 0.6) is 0 Å². The van der Waals surface area contributed by atoms with E-state index < -0.39 is 0 Å². The normalized spacial score (nSPS) is 10.7. The van der Waals surface area contributed by atoms with Gasteiger partial charge in [-0.25, -0.2) is 0 Å². The van der Waals surface area contributed by atoms with Gasteiger partial charge in [0.1, 0.15) is 0 Å². The van der Waals surface area contributed by atoms with Gasteiger partial charge in [0, 0.05) is 69.0 Å². The van der Waals surface area contributed by atoms with E-state index in [9.17, 15) is 9.59 Å². The molecule has 3 aromatic rings. The van der Waals surface area contributed by atoms with Gasteiger partial charge < -0.3 is 20.1 Å². The number of H-pyrrole nitrogens is 1. The first-order chi connectivity index (χ1) is 14.0. The molecule has 0 saturated heterocycles. The summed E-state index contributed by atoms with van der Waals surface area (Å²) in [4.78, 5) is 31.2. The van der Waals surface area contributed by atoms with Gasteiger partial charge in [0.15, 0.2) is 0 Å². The Morgan fingerprint density at radius 3 is 2.38 bits per heavy atom. The fraction of sp³-hybridized carbons (Fsp3) is 0.304. The van der Waals surface area contributed by atoms with Crippen molar-refractivity contribution in [2.75, 3.05) is 37.0 Å². The molecule has 6 nitrogen and oxygen atoms in total. The first-order valence-electron chi connectivity index (χ1n) is 9.83. The zero-order valence-electron chi connectivity index (χ0n) is 17.2. The topological polar surface area (TPSA) is 68.4 Å². The number of para-hydroxylation sites is 1. The van der Waals surface area contributed by atoms with Gasteiger partial charge in [-0.1, -0.05) is 18.2 Å². The monoisotopic (exact) mass is 392 g/mol. The van der Waals surface area contributed by atoms with Crippen LogP contribution in [0.3, 0.4) is 0 Å². The van der Waals surface area contributed by atoms with Crippen LogP contribution in [0.15, 0.2) is 54.7 Å². The molecule has 1 heterocycles. The molecule has 0 bridgehead atoms. The summed E-state index contributed by atoms with van der Waals surface area (Å²) in [6.45, 7) is 2.45. The molecule has 2 amide bonds. The Balaban J connectivity index is 1.50. The lowest BCUT2D eigenvalue weighted by Crippen LogP contribution is -2.34. The second-order valence-corrected chi connectivity index (χ2v) is 7.29. The third-order valence-electron chi connectivity index (χ3n) is 5.01. The van der Waals surface area contributed by atoms with E-state index in [0.717, 1.165) is 23.3 Å². The van der Waals surface area contributed by atoms with Crippen molar-refractivity contribution >= 4 is 34.1 Å². The summed E-state index contributed by atoms with van der Waals surface area (Å²) in [5, 5.41) is 4.14. The Hall–Kier alpha value is -3.28.